The van der Waals surface area contributed by atoms with Crippen molar-refractivity contribution in [2.24, 2.45) is 0 Å². The maximum Gasteiger partial charge on any atom is 0.282 e. The van der Waals surface area contributed by atoms with Crippen LogP contribution >= 0.6 is 0 Å². The Hall–Kier alpha value is -0.501. The minimum atomic E-state index is -0.954. The fourth-order valence-electron chi connectivity index (χ4n) is 5.37. The molecule has 0 aliphatic carbocycles. The summed E-state index contributed by atoms with van der Waals surface area (Å²) in [6, 6.07) is 0. The molecule has 0 aromatic carbocycles. The molecule has 0 amide bonds. The van der Waals surface area contributed by atoms with Gasteiger partial charge in [0.1, 0.15) is 0 Å². The Labute approximate surface area is 324 Å². The van der Waals surface area contributed by atoms with Crippen molar-refractivity contribution in [2.75, 3.05) is 39.6 Å². The first-order valence-corrected chi connectivity index (χ1v) is 24.6. The van der Waals surface area contributed by atoms with E-state index in [0.717, 1.165) is 77.0 Å². The van der Waals surface area contributed by atoms with Gasteiger partial charge >= 0.3 is 69.5 Å². The molecule has 0 spiro atoms. The smallest absolute Gasteiger partial charge is 0.282 e. The number of hydrogen-bond acceptors (Lipinski definition) is 10. The van der Waals surface area contributed by atoms with Crippen molar-refractivity contribution in [3.05, 3.63) is 0 Å². The van der Waals surface area contributed by atoms with Crippen LogP contribution in [-0.2, 0) is 38.0 Å². The van der Waals surface area contributed by atoms with E-state index in [1.54, 1.807) is 8.87 Å². The summed E-state index contributed by atoms with van der Waals surface area (Å²) in [6.45, 7) is 19.5. The molecule has 0 aliphatic rings. The third kappa shape index (κ3) is 39.0. The number of ether oxygens (including phenoxy) is 6. The van der Waals surface area contributed by atoms with Crippen LogP contribution in [0.1, 0.15) is 184 Å². The zero-order valence-corrected chi connectivity index (χ0v) is 37.2. The third-order valence-electron chi connectivity index (χ3n) is 7.83. The Balaban J connectivity index is -0.000000731. The van der Waals surface area contributed by atoms with Crippen LogP contribution in [0.2, 0.25) is 8.87 Å². The Morgan fingerprint density at radius 3 is 0.902 bits per heavy atom. The van der Waals surface area contributed by atoms with Gasteiger partial charge in [0.15, 0.2) is 0 Å². The fourth-order valence-corrected chi connectivity index (χ4v) is 9.53. The summed E-state index contributed by atoms with van der Waals surface area (Å²) in [5.41, 5.74) is 0. The number of hydrogen-bond donors (Lipinski definition) is 0. The van der Waals surface area contributed by atoms with E-state index in [4.69, 9.17) is 28.4 Å². The monoisotopic (exact) mass is 840 g/mol. The molecule has 0 N–H and O–H groups in total. The predicted octanol–water partition coefficient (Wildman–Crippen LogP) is 8.37. The molecule has 0 atom stereocenters. The molecule has 0 aromatic rings. The molecule has 0 rings (SSSR count). The van der Waals surface area contributed by atoms with Gasteiger partial charge in [0, 0.05) is 64.4 Å². The first kappa shape index (κ1) is 54.8. The summed E-state index contributed by atoms with van der Waals surface area (Å²) >= 11 is 0.149. The van der Waals surface area contributed by atoms with Gasteiger partial charge in [0.2, 0.25) is 0 Å². The van der Waals surface area contributed by atoms with E-state index in [-0.39, 0.29) is 34.0 Å². The van der Waals surface area contributed by atoms with E-state index in [1.807, 2.05) is 41.5 Å². The summed E-state index contributed by atoms with van der Waals surface area (Å²) in [5, 5.41) is 20.6. The Bertz CT molecular complexity index is 633. The molecule has 51 heavy (non-hydrogen) atoms. The number of carboxylic acid groups (broad SMARTS) is 2. The van der Waals surface area contributed by atoms with Crippen molar-refractivity contribution >= 4 is 33.1 Å². The number of unbranched alkanes of at least 4 members (excludes halogenated alkanes) is 12. The summed E-state index contributed by atoms with van der Waals surface area (Å²) in [6.07, 6.45) is 19.3. The number of carbonyl (C=O) groups is 2. The number of rotatable bonds is 36. The average Bonchev–Trinajstić information content (AvgIpc) is 3.08. The predicted molar refractivity (Wildman–Crippen MR) is 204 cm³/mol. The molecule has 11 heteroatoms. The molecule has 0 saturated carbocycles. The van der Waals surface area contributed by atoms with Gasteiger partial charge in [-0.1, -0.05) is 51.4 Å². The molecule has 0 heterocycles. The SMILES string of the molecule is CCC[CH2][Sn+2][CH2]CCC.CCOC(CCCCCCCCC(=O)[O-])(OCC)OCC.CCOC(CCCCCCCCC(=O)[O-])(OCC)OCC. The first-order valence-electron chi connectivity index (χ1n) is 20.6. The van der Waals surface area contributed by atoms with Gasteiger partial charge in [-0.25, -0.2) is 0 Å². The van der Waals surface area contributed by atoms with E-state index in [1.165, 1.54) is 25.7 Å². The second kappa shape index (κ2) is 42.2. The van der Waals surface area contributed by atoms with Gasteiger partial charge in [0.25, 0.3) is 11.9 Å². The van der Waals surface area contributed by atoms with Crippen molar-refractivity contribution in [2.45, 2.75) is 205 Å². The molecular weight excluding hydrogens is 759 g/mol. The number of carbonyl (C=O) groups excluding carboxylic acids is 2. The van der Waals surface area contributed by atoms with Crippen molar-refractivity contribution < 1.29 is 48.2 Å². The largest absolute Gasteiger partial charge is 0.550 e. The van der Waals surface area contributed by atoms with Crippen LogP contribution in [0.15, 0.2) is 0 Å². The van der Waals surface area contributed by atoms with Gasteiger partial charge in [-0.2, -0.15) is 0 Å². The molecule has 0 bridgehead atoms. The molecule has 10 nitrogen and oxygen atoms in total. The molecule has 0 unspecified atom stereocenters. The molecule has 0 aromatic heterocycles. The van der Waals surface area contributed by atoms with Crippen LogP contribution in [0.5, 0.6) is 0 Å². The Morgan fingerprint density at radius 1 is 0.412 bits per heavy atom. The average molecular weight is 840 g/mol. The van der Waals surface area contributed by atoms with Crippen LogP contribution in [0.3, 0.4) is 0 Å². The van der Waals surface area contributed by atoms with E-state index < -0.39 is 23.9 Å². The van der Waals surface area contributed by atoms with Gasteiger partial charge in [0.05, 0.1) is 0 Å². The maximum atomic E-state index is 10.3. The van der Waals surface area contributed by atoms with Gasteiger partial charge in [-0.15, -0.1) is 0 Å². The van der Waals surface area contributed by atoms with Crippen LogP contribution in [0.4, 0.5) is 0 Å². The Morgan fingerprint density at radius 2 is 0.667 bits per heavy atom. The standard InChI is InChI=1S/2C16H32O5.2C4H9.Sn/c2*1-4-19-16(20-5-2,21-6-3)14-12-10-8-7-9-11-13-15(17)18;2*1-3-4-2;/h2*4-14H2,1-3H3,(H,17,18);2*1,3-4H2,2H3;/q;;;;+2/p-2. The van der Waals surface area contributed by atoms with E-state index in [2.05, 4.69) is 13.8 Å². The minimum absolute atomic E-state index is 0.149. The van der Waals surface area contributed by atoms with E-state index in [0.29, 0.717) is 52.5 Å². The molecule has 0 fully saturated rings. The van der Waals surface area contributed by atoms with Gasteiger partial charge in [-0.05, 0) is 80.1 Å². The molecule has 0 saturated heterocycles. The number of carboxylic acids is 2. The first-order chi connectivity index (χ1) is 24.6. The maximum absolute atomic E-state index is 10.3. The fraction of sp³-hybridized carbons (Fsp3) is 0.950. The van der Waals surface area contributed by atoms with Crippen LogP contribution < -0.4 is 10.2 Å². The van der Waals surface area contributed by atoms with Crippen molar-refractivity contribution in [3.63, 3.8) is 0 Å². The van der Waals surface area contributed by atoms with Crippen molar-refractivity contribution in [3.8, 4) is 0 Å². The molecule has 0 radical (unpaired) electrons. The van der Waals surface area contributed by atoms with Crippen LogP contribution in [0.25, 0.3) is 0 Å². The van der Waals surface area contributed by atoms with Gasteiger partial charge < -0.3 is 48.2 Å². The molecular formula is C40H80O10Sn. The Kier molecular flexibility index (Phi) is 45.4. The second-order valence-corrected chi connectivity index (χ2v) is 16.7. The topological polar surface area (TPSA) is 136 Å². The van der Waals surface area contributed by atoms with Crippen molar-refractivity contribution in [1.29, 1.82) is 0 Å². The van der Waals surface area contributed by atoms with Crippen molar-refractivity contribution in [1.82, 2.24) is 0 Å². The molecule has 304 valence electrons. The van der Waals surface area contributed by atoms with Crippen LogP contribution in [-0.4, -0.2) is 84.7 Å². The summed E-state index contributed by atoms with van der Waals surface area (Å²) in [7, 11) is 0. The molecule has 0 aliphatic heterocycles. The number of aliphatic carboxylic acids is 2. The zero-order chi connectivity index (χ0) is 38.9. The second-order valence-electron chi connectivity index (χ2n) is 12.4. The third-order valence-corrected chi connectivity index (χ3v) is 11.9. The van der Waals surface area contributed by atoms with E-state index in [9.17, 15) is 19.8 Å². The summed E-state index contributed by atoms with van der Waals surface area (Å²) < 4.78 is 37.2. The van der Waals surface area contributed by atoms with E-state index >= 15 is 0 Å². The van der Waals surface area contributed by atoms with Crippen LogP contribution in [0, 0.1) is 0 Å². The summed E-state index contributed by atoms with van der Waals surface area (Å²) in [4.78, 5) is 20.6. The van der Waals surface area contributed by atoms with Gasteiger partial charge in [-0.3, -0.25) is 0 Å². The minimum Gasteiger partial charge on any atom is -0.550 e. The zero-order valence-electron chi connectivity index (χ0n) is 34.4. The summed E-state index contributed by atoms with van der Waals surface area (Å²) in [5.74, 6) is -3.70. The normalized spacial score (nSPS) is 11.3. The quantitative estimate of drug-likeness (QED) is 0.0344.